The van der Waals surface area contributed by atoms with Crippen molar-refractivity contribution in [2.75, 3.05) is 0 Å². The van der Waals surface area contributed by atoms with Crippen molar-refractivity contribution < 1.29 is 0 Å². The van der Waals surface area contributed by atoms with Crippen LogP contribution in [0.15, 0.2) is 5.38 Å². The third-order valence-electron chi connectivity index (χ3n) is 2.76. The molecule has 0 bridgehead atoms. The second kappa shape index (κ2) is 2.57. The average Bonchev–Trinajstić information content (AvgIpc) is 2.60. The molecule has 1 nitrogen and oxygen atoms in total. The molecule has 0 aromatic carbocycles. The molecule has 0 saturated heterocycles. The molecule has 0 unspecified atom stereocenters. The molecule has 0 N–H and O–H groups in total. The molecule has 1 aliphatic rings. The van der Waals surface area contributed by atoms with Gasteiger partial charge in [-0.3, -0.25) is 0 Å². The van der Waals surface area contributed by atoms with Gasteiger partial charge in [0.15, 0.2) is 0 Å². The van der Waals surface area contributed by atoms with Gasteiger partial charge < -0.3 is 0 Å². The Kier molecular flexibility index (Phi) is 1.82. The average molecular weight is 195 g/mol. The highest BCUT2D eigenvalue weighted by Crippen LogP contribution is 2.48. The lowest BCUT2D eigenvalue weighted by atomic mass is 9.98. The summed E-state index contributed by atoms with van der Waals surface area (Å²) in [5.41, 5.74) is 1.97. The van der Waals surface area contributed by atoms with Crippen molar-refractivity contribution in [1.29, 1.82) is 0 Å². The summed E-state index contributed by atoms with van der Waals surface area (Å²) in [7, 11) is 0. The van der Waals surface area contributed by atoms with Crippen LogP contribution in [0.4, 0.5) is 0 Å². The largest absolute Gasteiger partial charge is 0.245 e. The number of thiazole rings is 1. The van der Waals surface area contributed by atoms with Crippen LogP contribution in [0, 0.1) is 0 Å². The van der Waals surface area contributed by atoms with Crippen molar-refractivity contribution in [3.63, 3.8) is 0 Å². The van der Waals surface area contributed by atoms with Gasteiger partial charge in [-0.25, -0.2) is 4.98 Å². The van der Waals surface area contributed by atoms with Gasteiger partial charge in [0.25, 0.3) is 0 Å². The maximum absolute atomic E-state index is 4.73. The molecule has 0 spiro atoms. The predicted molar refractivity (Wildman–Crippen MR) is 57.4 cm³/mol. The van der Waals surface area contributed by atoms with Crippen LogP contribution >= 0.6 is 11.3 Å². The van der Waals surface area contributed by atoms with Crippen LogP contribution in [-0.4, -0.2) is 4.98 Å². The summed E-state index contributed by atoms with van der Waals surface area (Å²) in [6.07, 6.45) is 2.64. The van der Waals surface area contributed by atoms with Crippen molar-refractivity contribution in [3.8, 4) is 0 Å². The van der Waals surface area contributed by atoms with Crippen LogP contribution in [0.5, 0.6) is 0 Å². The zero-order valence-corrected chi connectivity index (χ0v) is 9.66. The topological polar surface area (TPSA) is 12.9 Å². The lowest BCUT2D eigenvalue weighted by Crippen LogP contribution is -2.11. The molecular formula is C11H17NS. The Morgan fingerprint density at radius 3 is 2.38 bits per heavy atom. The first-order chi connectivity index (χ1) is 5.92. The molecule has 72 valence electrons. The lowest BCUT2D eigenvalue weighted by Gasteiger charge is -2.14. The second-order valence-corrected chi connectivity index (χ2v) is 6.21. The van der Waals surface area contributed by atoms with Crippen molar-refractivity contribution in [3.05, 3.63) is 16.1 Å². The van der Waals surface area contributed by atoms with Gasteiger partial charge in [-0.05, 0) is 12.8 Å². The van der Waals surface area contributed by atoms with Gasteiger partial charge in [0.2, 0.25) is 0 Å². The van der Waals surface area contributed by atoms with E-state index in [2.05, 4.69) is 33.1 Å². The first kappa shape index (κ1) is 9.20. The van der Waals surface area contributed by atoms with Crippen LogP contribution in [0.3, 0.4) is 0 Å². The third-order valence-corrected chi connectivity index (χ3v) is 4.03. The Morgan fingerprint density at radius 2 is 2.00 bits per heavy atom. The first-order valence-corrected chi connectivity index (χ1v) is 5.76. The number of rotatable bonds is 1. The minimum absolute atomic E-state index is 0.216. The van der Waals surface area contributed by atoms with Gasteiger partial charge in [-0.1, -0.05) is 27.7 Å². The van der Waals surface area contributed by atoms with E-state index in [0.717, 1.165) is 0 Å². The molecule has 0 atom stereocenters. The standard InChI is InChI=1S/C11H17NS/c1-10(2,3)9-12-8(7-13-9)11(4)5-6-11/h7H,5-6H2,1-4H3. The van der Waals surface area contributed by atoms with Gasteiger partial charge >= 0.3 is 0 Å². The second-order valence-electron chi connectivity index (χ2n) is 5.35. The molecule has 2 rings (SSSR count). The minimum atomic E-state index is 0.216. The maximum atomic E-state index is 4.73. The van der Waals surface area contributed by atoms with Crippen molar-refractivity contribution in [2.24, 2.45) is 0 Å². The normalized spacial score (nSPS) is 20.3. The number of aromatic nitrogens is 1. The summed E-state index contributed by atoms with van der Waals surface area (Å²) < 4.78 is 0. The van der Waals surface area contributed by atoms with Crippen LogP contribution < -0.4 is 0 Å². The highest BCUT2D eigenvalue weighted by molar-refractivity contribution is 7.09. The zero-order valence-electron chi connectivity index (χ0n) is 8.85. The van der Waals surface area contributed by atoms with E-state index in [-0.39, 0.29) is 5.41 Å². The number of hydrogen-bond acceptors (Lipinski definition) is 2. The van der Waals surface area contributed by atoms with Crippen molar-refractivity contribution in [2.45, 2.75) is 51.4 Å². The van der Waals surface area contributed by atoms with Gasteiger partial charge in [0, 0.05) is 16.2 Å². The first-order valence-electron chi connectivity index (χ1n) is 4.88. The van der Waals surface area contributed by atoms with Gasteiger partial charge in [-0.2, -0.15) is 0 Å². The van der Waals surface area contributed by atoms with E-state index in [1.54, 1.807) is 0 Å². The molecule has 1 aliphatic carbocycles. The van der Waals surface area contributed by atoms with E-state index in [0.29, 0.717) is 5.41 Å². The van der Waals surface area contributed by atoms with E-state index in [1.165, 1.54) is 23.5 Å². The molecule has 13 heavy (non-hydrogen) atoms. The molecule has 0 aliphatic heterocycles. The fourth-order valence-corrected chi connectivity index (χ4v) is 2.40. The van der Waals surface area contributed by atoms with E-state index in [1.807, 2.05) is 11.3 Å². The Labute approximate surface area is 84.2 Å². The van der Waals surface area contributed by atoms with Crippen LogP contribution in [0.2, 0.25) is 0 Å². The number of hydrogen-bond donors (Lipinski definition) is 0. The minimum Gasteiger partial charge on any atom is -0.245 e. The van der Waals surface area contributed by atoms with E-state index in [4.69, 9.17) is 4.98 Å². The summed E-state index contributed by atoms with van der Waals surface area (Å²) in [4.78, 5) is 4.73. The molecule has 1 saturated carbocycles. The Balaban J connectivity index is 2.29. The smallest absolute Gasteiger partial charge is 0.0982 e. The van der Waals surface area contributed by atoms with Crippen LogP contribution in [0.25, 0.3) is 0 Å². The van der Waals surface area contributed by atoms with Gasteiger partial charge in [0.05, 0.1) is 10.7 Å². The molecule has 1 aromatic heterocycles. The Hall–Kier alpha value is -0.370. The highest BCUT2D eigenvalue weighted by atomic mass is 32.1. The summed E-state index contributed by atoms with van der Waals surface area (Å²) >= 11 is 1.81. The fraction of sp³-hybridized carbons (Fsp3) is 0.727. The quantitative estimate of drug-likeness (QED) is 0.668. The molecule has 1 fully saturated rings. The summed E-state index contributed by atoms with van der Waals surface area (Å²) in [6.45, 7) is 9.00. The monoisotopic (exact) mass is 195 g/mol. The van der Waals surface area contributed by atoms with Crippen LogP contribution in [0.1, 0.15) is 51.2 Å². The Bertz CT molecular complexity index is 295. The van der Waals surface area contributed by atoms with Gasteiger partial charge in [-0.15, -0.1) is 11.3 Å². The Morgan fingerprint density at radius 1 is 1.38 bits per heavy atom. The molecule has 1 aromatic rings. The molecule has 0 amide bonds. The maximum Gasteiger partial charge on any atom is 0.0982 e. The molecule has 2 heteroatoms. The molecule has 1 heterocycles. The fourth-order valence-electron chi connectivity index (χ4n) is 1.34. The van der Waals surface area contributed by atoms with E-state index < -0.39 is 0 Å². The van der Waals surface area contributed by atoms with Crippen molar-refractivity contribution >= 4 is 11.3 Å². The van der Waals surface area contributed by atoms with E-state index >= 15 is 0 Å². The summed E-state index contributed by atoms with van der Waals surface area (Å²) in [6, 6.07) is 0. The summed E-state index contributed by atoms with van der Waals surface area (Å²) in [5.74, 6) is 0. The van der Waals surface area contributed by atoms with Gasteiger partial charge in [0.1, 0.15) is 0 Å². The highest BCUT2D eigenvalue weighted by Gasteiger charge is 2.41. The van der Waals surface area contributed by atoms with Crippen LogP contribution in [-0.2, 0) is 10.8 Å². The third kappa shape index (κ3) is 1.64. The van der Waals surface area contributed by atoms with Crippen molar-refractivity contribution in [1.82, 2.24) is 4.98 Å². The number of nitrogens with zero attached hydrogens (tertiary/aromatic N) is 1. The lowest BCUT2D eigenvalue weighted by molar-refractivity contribution is 0.579. The SMILES string of the molecule is CC(C)(C)c1nc(C2(C)CC2)cs1. The molecule has 0 radical (unpaired) electrons. The zero-order chi connectivity index (χ0) is 9.69. The van der Waals surface area contributed by atoms with E-state index in [9.17, 15) is 0 Å². The summed E-state index contributed by atoms with van der Waals surface area (Å²) in [5, 5.41) is 3.52. The molecular weight excluding hydrogens is 178 g/mol. The predicted octanol–water partition coefficient (Wildman–Crippen LogP) is 3.49.